The van der Waals surface area contributed by atoms with Crippen molar-refractivity contribution in [3.8, 4) is 5.69 Å². The highest BCUT2D eigenvalue weighted by molar-refractivity contribution is 5.75. The molecule has 0 bridgehead atoms. The number of nitrogens with zero attached hydrogens (tertiary/aromatic N) is 2. The SMILES string of the molecule is CCOC(=O)C(N)Cc1cccn1-c1ccncc1. The van der Waals surface area contributed by atoms with Crippen molar-refractivity contribution in [2.45, 2.75) is 19.4 Å². The van der Waals surface area contributed by atoms with Gasteiger partial charge in [0.1, 0.15) is 6.04 Å². The van der Waals surface area contributed by atoms with Gasteiger partial charge in [0, 0.05) is 36.4 Å². The van der Waals surface area contributed by atoms with Crippen molar-refractivity contribution in [3.63, 3.8) is 0 Å². The molecular weight excluding hydrogens is 242 g/mol. The summed E-state index contributed by atoms with van der Waals surface area (Å²) in [5.74, 6) is -0.370. The molecule has 2 aromatic heterocycles. The van der Waals surface area contributed by atoms with Crippen LogP contribution in [0.5, 0.6) is 0 Å². The molecule has 100 valence electrons. The first-order valence-electron chi connectivity index (χ1n) is 6.21. The summed E-state index contributed by atoms with van der Waals surface area (Å²) in [6.07, 6.45) is 5.82. The Hall–Kier alpha value is -2.14. The minimum atomic E-state index is -0.643. The molecule has 0 radical (unpaired) electrons. The number of hydrogen-bond donors (Lipinski definition) is 1. The summed E-state index contributed by atoms with van der Waals surface area (Å²) >= 11 is 0. The highest BCUT2D eigenvalue weighted by Crippen LogP contribution is 2.13. The van der Waals surface area contributed by atoms with Crippen LogP contribution in [0.3, 0.4) is 0 Å². The second-order valence-electron chi connectivity index (χ2n) is 4.14. The Balaban J connectivity index is 2.15. The Morgan fingerprint density at radius 2 is 2.16 bits per heavy atom. The summed E-state index contributed by atoms with van der Waals surface area (Å²) < 4.78 is 6.90. The molecule has 0 spiro atoms. The van der Waals surface area contributed by atoms with Crippen molar-refractivity contribution in [2.24, 2.45) is 5.73 Å². The third kappa shape index (κ3) is 3.20. The molecule has 0 saturated heterocycles. The van der Waals surface area contributed by atoms with Gasteiger partial charge in [-0.3, -0.25) is 9.78 Å². The Kier molecular flexibility index (Phi) is 4.30. The van der Waals surface area contributed by atoms with Gasteiger partial charge in [-0.2, -0.15) is 0 Å². The molecule has 2 N–H and O–H groups in total. The van der Waals surface area contributed by atoms with E-state index in [4.69, 9.17) is 10.5 Å². The van der Waals surface area contributed by atoms with Crippen LogP contribution in [0.1, 0.15) is 12.6 Å². The van der Waals surface area contributed by atoms with E-state index in [1.807, 2.05) is 35.0 Å². The van der Waals surface area contributed by atoms with Crippen LogP contribution in [0.2, 0.25) is 0 Å². The van der Waals surface area contributed by atoms with E-state index in [1.54, 1.807) is 19.3 Å². The molecule has 0 aliphatic heterocycles. The number of carbonyl (C=O) groups is 1. The van der Waals surface area contributed by atoms with E-state index in [9.17, 15) is 4.79 Å². The molecule has 0 aliphatic rings. The number of esters is 1. The minimum Gasteiger partial charge on any atom is -0.465 e. The minimum absolute atomic E-state index is 0.345. The van der Waals surface area contributed by atoms with Gasteiger partial charge in [0.05, 0.1) is 6.61 Å². The lowest BCUT2D eigenvalue weighted by Gasteiger charge is -2.13. The maximum absolute atomic E-state index is 11.6. The lowest BCUT2D eigenvalue weighted by Crippen LogP contribution is -2.34. The van der Waals surface area contributed by atoms with Crippen LogP contribution in [0.4, 0.5) is 0 Å². The third-order valence-corrected chi connectivity index (χ3v) is 2.79. The van der Waals surface area contributed by atoms with Crippen LogP contribution >= 0.6 is 0 Å². The van der Waals surface area contributed by atoms with Gasteiger partial charge in [0.2, 0.25) is 0 Å². The number of nitrogens with two attached hydrogens (primary N) is 1. The van der Waals surface area contributed by atoms with Crippen molar-refractivity contribution in [1.82, 2.24) is 9.55 Å². The smallest absolute Gasteiger partial charge is 0.323 e. The topological polar surface area (TPSA) is 70.1 Å². The van der Waals surface area contributed by atoms with E-state index >= 15 is 0 Å². The van der Waals surface area contributed by atoms with Crippen LogP contribution in [-0.2, 0) is 16.0 Å². The second-order valence-corrected chi connectivity index (χ2v) is 4.14. The molecule has 2 heterocycles. The van der Waals surface area contributed by atoms with Crippen molar-refractivity contribution in [2.75, 3.05) is 6.61 Å². The molecule has 1 unspecified atom stereocenters. The van der Waals surface area contributed by atoms with Gasteiger partial charge in [-0.1, -0.05) is 0 Å². The molecule has 5 heteroatoms. The van der Waals surface area contributed by atoms with Crippen LogP contribution in [0.15, 0.2) is 42.9 Å². The molecule has 2 rings (SSSR count). The number of rotatable bonds is 5. The van der Waals surface area contributed by atoms with Gasteiger partial charge < -0.3 is 15.0 Å². The summed E-state index contributed by atoms with van der Waals surface area (Å²) in [7, 11) is 0. The first-order valence-corrected chi connectivity index (χ1v) is 6.21. The molecule has 0 fully saturated rings. The summed E-state index contributed by atoms with van der Waals surface area (Å²) in [5.41, 5.74) is 7.80. The van der Waals surface area contributed by atoms with Crippen molar-refractivity contribution >= 4 is 5.97 Å². The molecular formula is C14H17N3O2. The number of hydrogen-bond acceptors (Lipinski definition) is 4. The summed E-state index contributed by atoms with van der Waals surface area (Å²) in [6, 6.07) is 7.03. The first kappa shape index (κ1) is 13.3. The van der Waals surface area contributed by atoms with Gasteiger partial charge in [-0.05, 0) is 31.2 Å². The zero-order valence-corrected chi connectivity index (χ0v) is 10.8. The quantitative estimate of drug-likeness (QED) is 0.822. The monoisotopic (exact) mass is 259 g/mol. The summed E-state index contributed by atoms with van der Waals surface area (Å²) in [4.78, 5) is 15.5. The van der Waals surface area contributed by atoms with Crippen LogP contribution < -0.4 is 5.73 Å². The van der Waals surface area contributed by atoms with E-state index in [0.717, 1.165) is 11.4 Å². The fourth-order valence-corrected chi connectivity index (χ4v) is 1.90. The molecule has 19 heavy (non-hydrogen) atoms. The number of aromatic nitrogens is 2. The molecule has 0 aliphatic carbocycles. The lowest BCUT2D eigenvalue weighted by molar-refractivity contribution is -0.144. The second kappa shape index (κ2) is 6.15. The third-order valence-electron chi connectivity index (χ3n) is 2.79. The molecule has 1 atom stereocenters. The van der Waals surface area contributed by atoms with Crippen molar-refractivity contribution in [3.05, 3.63) is 48.5 Å². The Morgan fingerprint density at radius 1 is 1.42 bits per heavy atom. The van der Waals surface area contributed by atoms with E-state index in [1.165, 1.54) is 0 Å². The zero-order chi connectivity index (χ0) is 13.7. The van der Waals surface area contributed by atoms with Gasteiger partial charge in [0.25, 0.3) is 0 Å². The van der Waals surface area contributed by atoms with Crippen LogP contribution in [-0.4, -0.2) is 28.2 Å². The van der Waals surface area contributed by atoms with Gasteiger partial charge in [-0.25, -0.2) is 0 Å². The van der Waals surface area contributed by atoms with Crippen molar-refractivity contribution < 1.29 is 9.53 Å². The van der Waals surface area contributed by atoms with Crippen molar-refractivity contribution in [1.29, 1.82) is 0 Å². The highest BCUT2D eigenvalue weighted by atomic mass is 16.5. The molecule has 2 aromatic rings. The average Bonchev–Trinajstić information content (AvgIpc) is 2.88. The summed E-state index contributed by atoms with van der Waals surface area (Å²) in [5, 5.41) is 0. The van der Waals surface area contributed by atoms with Crippen LogP contribution in [0.25, 0.3) is 5.69 Å². The Bertz CT molecular complexity index is 537. The Morgan fingerprint density at radius 3 is 2.84 bits per heavy atom. The number of carbonyl (C=O) groups excluding carboxylic acids is 1. The molecule has 0 saturated carbocycles. The lowest BCUT2D eigenvalue weighted by atomic mass is 10.1. The van der Waals surface area contributed by atoms with Gasteiger partial charge in [0.15, 0.2) is 0 Å². The fraction of sp³-hybridized carbons (Fsp3) is 0.286. The maximum atomic E-state index is 11.6. The normalized spacial score (nSPS) is 12.1. The standard InChI is InChI=1S/C14H17N3O2/c1-2-19-14(18)13(15)10-12-4-3-9-17(12)11-5-7-16-8-6-11/h3-9,13H,2,10,15H2,1H3. The van der Waals surface area contributed by atoms with Gasteiger partial charge >= 0.3 is 5.97 Å². The predicted octanol–water partition coefficient (Wildman–Crippen LogP) is 1.31. The molecule has 0 amide bonds. The fourth-order valence-electron chi connectivity index (χ4n) is 1.90. The van der Waals surface area contributed by atoms with E-state index in [-0.39, 0.29) is 5.97 Å². The molecule has 0 aromatic carbocycles. The summed E-state index contributed by atoms with van der Waals surface area (Å²) in [6.45, 7) is 2.11. The highest BCUT2D eigenvalue weighted by Gasteiger charge is 2.17. The van der Waals surface area contributed by atoms with Crippen LogP contribution in [0, 0.1) is 0 Å². The predicted molar refractivity (Wildman–Crippen MR) is 71.9 cm³/mol. The van der Waals surface area contributed by atoms with Gasteiger partial charge in [-0.15, -0.1) is 0 Å². The first-order chi connectivity index (χ1) is 9.22. The van der Waals surface area contributed by atoms with E-state index in [0.29, 0.717) is 13.0 Å². The zero-order valence-electron chi connectivity index (χ0n) is 10.8. The number of pyridine rings is 1. The van der Waals surface area contributed by atoms with E-state index in [2.05, 4.69) is 4.98 Å². The number of ether oxygens (including phenoxy) is 1. The Labute approximate surface area is 112 Å². The molecule has 5 nitrogen and oxygen atoms in total. The van der Waals surface area contributed by atoms with E-state index < -0.39 is 6.04 Å². The average molecular weight is 259 g/mol. The largest absolute Gasteiger partial charge is 0.465 e. The maximum Gasteiger partial charge on any atom is 0.323 e.